The second-order valence-electron chi connectivity index (χ2n) is 6.47. The molecule has 0 heterocycles. The molecule has 9 heteroatoms. The Labute approximate surface area is 166 Å². The second-order valence-corrected chi connectivity index (χ2v) is 6.47. The van der Waals surface area contributed by atoms with Crippen LogP contribution < -0.4 is 5.32 Å². The highest BCUT2D eigenvalue weighted by Crippen LogP contribution is 2.18. The van der Waals surface area contributed by atoms with Crippen LogP contribution in [0.3, 0.4) is 0 Å². The first-order valence-corrected chi connectivity index (χ1v) is 8.75. The van der Waals surface area contributed by atoms with E-state index in [1.807, 2.05) is 13.8 Å². The Balaban J connectivity index is 1.89. The molecule has 0 saturated heterocycles. The Kier molecular flexibility index (Phi) is 7.41. The average Bonchev–Trinajstić information content (AvgIpc) is 2.70. The van der Waals surface area contributed by atoms with Crippen LogP contribution in [0.15, 0.2) is 48.5 Å². The minimum atomic E-state index is -0.976. The minimum Gasteiger partial charge on any atom is -0.462 e. The molecule has 0 fully saturated rings. The zero-order chi connectivity index (χ0) is 21.4. The van der Waals surface area contributed by atoms with Crippen molar-refractivity contribution in [2.24, 2.45) is 5.92 Å². The first-order chi connectivity index (χ1) is 13.8. The van der Waals surface area contributed by atoms with Gasteiger partial charge in [-0.1, -0.05) is 26.0 Å². The van der Waals surface area contributed by atoms with Gasteiger partial charge in [0.1, 0.15) is 5.56 Å². The summed E-state index contributed by atoms with van der Waals surface area (Å²) in [4.78, 5) is 46.0. The summed E-state index contributed by atoms with van der Waals surface area (Å²) < 4.78 is 9.95. The van der Waals surface area contributed by atoms with Crippen LogP contribution >= 0.6 is 0 Å². The molecule has 0 atom stereocenters. The van der Waals surface area contributed by atoms with Gasteiger partial charge in [0.05, 0.1) is 17.1 Å². The molecule has 152 valence electrons. The summed E-state index contributed by atoms with van der Waals surface area (Å²) >= 11 is 0. The number of ether oxygens (including phenoxy) is 2. The summed E-state index contributed by atoms with van der Waals surface area (Å²) in [6.07, 6.45) is 0. The number of carbonyl (C=O) groups excluding carboxylic acids is 3. The van der Waals surface area contributed by atoms with E-state index < -0.39 is 35.1 Å². The van der Waals surface area contributed by atoms with E-state index in [2.05, 4.69) is 5.32 Å². The normalized spacial score (nSPS) is 10.3. The second kappa shape index (κ2) is 9.98. The SMILES string of the molecule is CC(C)COC(=O)c1ccc(NC(=O)COC(=O)c2ccccc2[N+](=O)[O-])cc1. The van der Waals surface area contributed by atoms with Crippen LogP contribution in [0, 0.1) is 16.0 Å². The molecule has 2 rings (SSSR count). The molecule has 2 aromatic carbocycles. The molecule has 1 N–H and O–H groups in total. The predicted octanol–water partition coefficient (Wildman–Crippen LogP) is 3.20. The van der Waals surface area contributed by atoms with Gasteiger partial charge in [0.2, 0.25) is 0 Å². The zero-order valence-electron chi connectivity index (χ0n) is 15.9. The number of amides is 1. The third-order valence-electron chi connectivity index (χ3n) is 3.61. The predicted molar refractivity (Wildman–Crippen MR) is 104 cm³/mol. The molecule has 0 spiro atoms. The molecule has 1 amide bonds. The summed E-state index contributed by atoms with van der Waals surface area (Å²) in [5.41, 5.74) is 0.0797. The van der Waals surface area contributed by atoms with Crippen molar-refractivity contribution in [1.29, 1.82) is 0 Å². The Morgan fingerprint density at radius 3 is 2.28 bits per heavy atom. The third-order valence-corrected chi connectivity index (χ3v) is 3.61. The van der Waals surface area contributed by atoms with E-state index >= 15 is 0 Å². The Bertz CT molecular complexity index is 907. The summed E-state index contributed by atoms with van der Waals surface area (Å²) in [5.74, 6) is -1.85. The van der Waals surface area contributed by atoms with Crippen molar-refractivity contribution in [3.05, 3.63) is 69.8 Å². The zero-order valence-corrected chi connectivity index (χ0v) is 15.9. The quantitative estimate of drug-likeness (QED) is 0.410. The molecule has 0 aliphatic heterocycles. The maximum absolute atomic E-state index is 12.0. The van der Waals surface area contributed by atoms with Gasteiger partial charge in [0.15, 0.2) is 6.61 Å². The molecular formula is C20H20N2O7. The monoisotopic (exact) mass is 400 g/mol. The lowest BCUT2D eigenvalue weighted by Gasteiger charge is -2.09. The fourth-order valence-electron chi connectivity index (χ4n) is 2.23. The topological polar surface area (TPSA) is 125 Å². The maximum atomic E-state index is 12.0. The van der Waals surface area contributed by atoms with E-state index in [-0.39, 0.29) is 11.5 Å². The van der Waals surface area contributed by atoms with Gasteiger partial charge in [-0.05, 0) is 36.2 Å². The minimum absolute atomic E-state index is 0.220. The van der Waals surface area contributed by atoms with Gasteiger partial charge in [0.25, 0.3) is 11.6 Å². The summed E-state index contributed by atoms with van der Waals surface area (Å²) in [5, 5.41) is 13.4. The molecule has 9 nitrogen and oxygen atoms in total. The maximum Gasteiger partial charge on any atom is 0.345 e. The number of nitro groups is 1. The number of para-hydroxylation sites is 1. The number of carbonyl (C=O) groups is 3. The van der Waals surface area contributed by atoms with E-state index in [4.69, 9.17) is 9.47 Å². The first kappa shape index (κ1) is 21.5. The van der Waals surface area contributed by atoms with Crippen molar-refractivity contribution in [3.8, 4) is 0 Å². The van der Waals surface area contributed by atoms with Gasteiger partial charge < -0.3 is 14.8 Å². The molecule has 2 aromatic rings. The van der Waals surface area contributed by atoms with Crippen LogP contribution in [0.5, 0.6) is 0 Å². The molecule has 0 bridgehead atoms. The number of nitrogens with one attached hydrogen (secondary N) is 1. The number of hydrogen-bond donors (Lipinski definition) is 1. The van der Waals surface area contributed by atoms with E-state index in [1.165, 1.54) is 48.5 Å². The summed E-state index contributed by atoms with van der Waals surface area (Å²) in [6, 6.07) is 11.3. The molecule has 0 aromatic heterocycles. The molecule has 0 saturated carbocycles. The average molecular weight is 400 g/mol. The van der Waals surface area contributed by atoms with Crippen molar-refractivity contribution >= 4 is 29.2 Å². The molecule has 0 radical (unpaired) electrons. The standard InChI is InChI=1S/C20H20N2O7/c1-13(2)11-28-19(24)14-7-9-15(10-8-14)21-18(23)12-29-20(25)16-5-3-4-6-17(16)22(26)27/h3-10,13H,11-12H2,1-2H3,(H,21,23). The van der Waals surface area contributed by atoms with E-state index in [0.717, 1.165) is 0 Å². The number of anilines is 1. The fourth-order valence-corrected chi connectivity index (χ4v) is 2.23. The van der Waals surface area contributed by atoms with Crippen LogP contribution in [0.2, 0.25) is 0 Å². The lowest BCUT2D eigenvalue weighted by Crippen LogP contribution is -2.21. The smallest absolute Gasteiger partial charge is 0.345 e. The van der Waals surface area contributed by atoms with Crippen molar-refractivity contribution in [1.82, 2.24) is 0 Å². The van der Waals surface area contributed by atoms with Gasteiger partial charge in [0, 0.05) is 11.8 Å². The number of hydrogen-bond acceptors (Lipinski definition) is 7. The van der Waals surface area contributed by atoms with Crippen LogP contribution in [-0.4, -0.2) is 36.0 Å². The van der Waals surface area contributed by atoms with Crippen molar-refractivity contribution < 1.29 is 28.8 Å². The van der Waals surface area contributed by atoms with Gasteiger partial charge >= 0.3 is 11.9 Å². The number of nitrogens with zero attached hydrogens (tertiary/aromatic N) is 1. The molecular weight excluding hydrogens is 380 g/mol. The van der Waals surface area contributed by atoms with Crippen LogP contribution in [-0.2, 0) is 14.3 Å². The molecule has 0 aliphatic carbocycles. The highest BCUT2D eigenvalue weighted by atomic mass is 16.6. The molecule has 29 heavy (non-hydrogen) atoms. The Hall–Kier alpha value is -3.75. The van der Waals surface area contributed by atoms with E-state index in [9.17, 15) is 24.5 Å². The number of nitro benzene ring substituents is 1. The van der Waals surface area contributed by atoms with Gasteiger partial charge in [-0.15, -0.1) is 0 Å². The van der Waals surface area contributed by atoms with Crippen molar-refractivity contribution in [2.45, 2.75) is 13.8 Å². The first-order valence-electron chi connectivity index (χ1n) is 8.75. The number of rotatable bonds is 8. The lowest BCUT2D eigenvalue weighted by molar-refractivity contribution is -0.385. The molecule has 0 aliphatic rings. The third kappa shape index (κ3) is 6.42. The van der Waals surface area contributed by atoms with Crippen LogP contribution in [0.4, 0.5) is 11.4 Å². The Morgan fingerprint density at radius 1 is 1.00 bits per heavy atom. The van der Waals surface area contributed by atoms with Crippen LogP contribution in [0.1, 0.15) is 34.6 Å². The van der Waals surface area contributed by atoms with E-state index in [0.29, 0.717) is 17.9 Å². The van der Waals surface area contributed by atoms with Crippen LogP contribution in [0.25, 0.3) is 0 Å². The lowest BCUT2D eigenvalue weighted by atomic mass is 10.2. The van der Waals surface area contributed by atoms with E-state index in [1.54, 1.807) is 0 Å². The Morgan fingerprint density at radius 2 is 1.66 bits per heavy atom. The van der Waals surface area contributed by atoms with Crippen molar-refractivity contribution in [2.75, 3.05) is 18.5 Å². The number of benzene rings is 2. The highest BCUT2D eigenvalue weighted by Gasteiger charge is 2.21. The molecule has 0 unspecified atom stereocenters. The van der Waals surface area contributed by atoms with Gasteiger partial charge in [-0.2, -0.15) is 0 Å². The largest absolute Gasteiger partial charge is 0.462 e. The fraction of sp³-hybridized carbons (Fsp3) is 0.250. The van der Waals surface area contributed by atoms with Crippen molar-refractivity contribution in [3.63, 3.8) is 0 Å². The number of esters is 2. The summed E-state index contributed by atoms with van der Waals surface area (Å²) in [7, 11) is 0. The highest BCUT2D eigenvalue weighted by molar-refractivity contribution is 5.97. The van der Waals surface area contributed by atoms with Gasteiger partial charge in [-0.25, -0.2) is 9.59 Å². The summed E-state index contributed by atoms with van der Waals surface area (Å²) in [6.45, 7) is 3.54. The van der Waals surface area contributed by atoms with Gasteiger partial charge in [-0.3, -0.25) is 14.9 Å².